The molecule has 0 fully saturated rings. The molecule has 1 aromatic carbocycles. The minimum absolute atomic E-state index is 0.0539. The molecule has 1 atom stereocenters. The number of rotatable bonds is 5. The van der Waals surface area contributed by atoms with Gasteiger partial charge in [0.2, 0.25) is 5.91 Å². The first-order chi connectivity index (χ1) is 14.5. The second kappa shape index (κ2) is 8.64. The van der Waals surface area contributed by atoms with E-state index in [0.717, 1.165) is 16.3 Å². The monoisotopic (exact) mass is 461 g/mol. The molecule has 2 heterocycles. The number of hydrogen-bond donors (Lipinski definition) is 0. The number of fused-ring (bicyclic) bond motifs is 1. The number of Topliss-reactive ketones (excluding diaryl/α,β-unsaturated/α-hetero) is 1. The number of carbonyl (C=O) groups is 2. The van der Waals surface area contributed by atoms with Crippen LogP contribution in [-0.4, -0.2) is 55.0 Å². The highest BCUT2D eigenvalue weighted by Gasteiger charge is 2.29. The van der Waals surface area contributed by atoms with E-state index in [-0.39, 0.29) is 27.7 Å². The number of halogens is 1. The minimum Gasteiger partial charge on any atom is -0.347 e. The van der Waals surface area contributed by atoms with Gasteiger partial charge >= 0.3 is 5.69 Å². The van der Waals surface area contributed by atoms with Crippen LogP contribution < -0.4 is 11.2 Å². The maximum absolute atomic E-state index is 12.9. The number of benzene rings is 1. The van der Waals surface area contributed by atoms with Crippen LogP contribution in [0.4, 0.5) is 0 Å². The lowest BCUT2D eigenvalue weighted by molar-refractivity contribution is -0.132. The van der Waals surface area contributed by atoms with E-state index in [1.807, 2.05) is 0 Å². The fourth-order valence-corrected chi connectivity index (χ4v) is 4.25. The Kier molecular flexibility index (Phi) is 6.33. The van der Waals surface area contributed by atoms with Gasteiger partial charge < -0.3 is 4.90 Å². The highest BCUT2D eigenvalue weighted by molar-refractivity contribution is 8.01. The van der Waals surface area contributed by atoms with Gasteiger partial charge in [0.05, 0.1) is 0 Å². The van der Waals surface area contributed by atoms with E-state index in [1.165, 1.54) is 44.6 Å². The molecular weight excluding hydrogens is 442 g/mol. The van der Waals surface area contributed by atoms with Gasteiger partial charge in [-0.2, -0.15) is 0 Å². The zero-order valence-corrected chi connectivity index (χ0v) is 19.1. The molecular formula is C20H20ClN5O4S. The van der Waals surface area contributed by atoms with Gasteiger partial charge in [-0.1, -0.05) is 35.5 Å². The van der Waals surface area contributed by atoms with Crippen molar-refractivity contribution in [1.29, 1.82) is 0 Å². The van der Waals surface area contributed by atoms with Crippen molar-refractivity contribution in [3.8, 4) is 11.4 Å². The summed E-state index contributed by atoms with van der Waals surface area (Å²) in [5.41, 5.74) is -0.516. The van der Waals surface area contributed by atoms with E-state index in [4.69, 9.17) is 11.6 Å². The molecule has 11 heteroatoms. The number of hydrogen-bond acceptors (Lipinski definition) is 7. The molecule has 31 heavy (non-hydrogen) atoms. The Morgan fingerprint density at radius 1 is 1.13 bits per heavy atom. The normalized spacial score (nSPS) is 12.1. The number of aromatic nitrogens is 4. The quantitative estimate of drug-likeness (QED) is 0.322. The maximum atomic E-state index is 12.9. The molecule has 1 amide bonds. The summed E-state index contributed by atoms with van der Waals surface area (Å²) in [7, 11) is 5.91. The summed E-state index contributed by atoms with van der Waals surface area (Å²) >= 11 is 6.95. The van der Waals surface area contributed by atoms with Gasteiger partial charge in [-0.25, -0.2) is 14.8 Å². The molecule has 2 aromatic heterocycles. The Bertz CT molecular complexity index is 1330. The number of aryl methyl sites for hydroxylation is 1. The highest BCUT2D eigenvalue weighted by atomic mass is 35.5. The SMILES string of the molecule is CC(=O)C(Sc1nc(-c2cccc(Cl)c2)nc2c1c(=O)n(C)c(=O)n2C)C(=O)N(C)C. The van der Waals surface area contributed by atoms with Crippen LogP contribution in [0, 0.1) is 0 Å². The number of nitrogens with zero attached hydrogens (tertiary/aromatic N) is 5. The lowest BCUT2D eigenvalue weighted by atomic mass is 10.2. The van der Waals surface area contributed by atoms with Gasteiger partial charge in [0.25, 0.3) is 5.56 Å². The standard InChI is InChI=1S/C20H20ClN5O4S/c1-10(27)14(19(29)24(2)3)31-17-13-16(25(4)20(30)26(5)18(13)28)22-15(23-17)11-7-6-8-12(21)9-11/h6-9,14H,1-5H3. The van der Waals surface area contributed by atoms with Crippen LogP contribution >= 0.6 is 23.4 Å². The number of ketones is 1. The Labute approximate surface area is 186 Å². The summed E-state index contributed by atoms with van der Waals surface area (Å²) in [5.74, 6) is -0.614. The largest absolute Gasteiger partial charge is 0.347 e. The summed E-state index contributed by atoms with van der Waals surface area (Å²) < 4.78 is 2.17. The predicted molar refractivity (Wildman–Crippen MR) is 119 cm³/mol. The molecule has 0 saturated heterocycles. The minimum atomic E-state index is -1.11. The molecule has 9 nitrogen and oxygen atoms in total. The van der Waals surface area contributed by atoms with E-state index in [9.17, 15) is 19.2 Å². The predicted octanol–water partition coefficient (Wildman–Crippen LogP) is 1.49. The van der Waals surface area contributed by atoms with E-state index >= 15 is 0 Å². The number of thioether (sulfide) groups is 1. The summed E-state index contributed by atoms with van der Waals surface area (Å²) in [6.07, 6.45) is 0. The van der Waals surface area contributed by atoms with Gasteiger partial charge in [0.1, 0.15) is 15.7 Å². The second-order valence-electron chi connectivity index (χ2n) is 7.11. The first kappa shape index (κ1) is 22.7. The van der Waals surface area contributed by atoms with E-state index in [0.29, 0.717) is 10.6 Å². The van der Waals surface area contributed by atoms with Crippen molar-refractivity contribution >= 4 is 46.1 Å². The lowest BCUT2D eigenvalue weighted by Gasteiger charge is -2.19. The molecule has 0 aliphatic rings. The van der Waals surface area contributed by atoms with Crippen molar-refractivity contribution < 1.29 is 9.59 Å². The van der Waals surface area contributed by atoms with Crippen molar-refractivity contribution in [2.24, 2.45) is 14.1 Å². The Morgan fingerprint density at radius 3 is 2.39 bits per heavy atom. The number of carbonyl (C=O) groups excluding carboxylic acids is 2. The zero-order chi connectivity index (χ0) is 23.0. The lowest BCUT2D eigenvalue weighted by Crippen LogP contribution is -2.38. The van der Waals surface area contributed by atoms with Crippen LogP contribution in [0.5, 0.6) is 0 Å². The molecule has 0 radical (unpaired) electrons. The van der Waals surface area contributed by atoms with Crippen molar-refractivity contribution in [1.82, 2.24) is 24.0 Å². The van der Waals surface area contributed by atoms with Crippen LogP contribution in [0.15, 0.2) is 38.9 Å². The topological polar surface area (TPSA) is 107 Å². The molecule has 162 valence electrons. The van der Waals surface area contributed by atoms with Crippen LogP contribution in [0.3, 0.4) is 0 Å². The van der Waals surface area contributed by atoms with E-state index in [1.54, 1.807) is 24.3 Å². The summed E-state index contributed by atoms with van der Waals surface area (Å²) in [6, 6.07) is 6.78. The summed E-state index contributed by atoms with van der Waals surface area (Å²) in [6.45, 7) is 1.30. The van der Waals surface area contributed by atoms with Crippen molar-refractivity contribution in [2.45, 2.75) is 17.2 Å². The van der Waals surface area contributed by atoms with E-state index < -0.39 is 22.4 Å². The van der Waals surface area contributed by atoms with Crippen LogP contribution in [0.2, 0.25) is 5.02 Å². The molecule has 0 bridgehead atoms. The maximum Gasteiger partial charge on any atom is 0.332 e. The molecule has 0 saturated carbocycles. The summed E-state index contributed by atoms with van der Waals surface area (Å²) in [4.78, 5) is 60.4. The van der Waals surface area contributed by atoms with Crippen LogP contribution in [0.25, 0.3) is 22.4 Å². The van der Waals surface area contributed by atoms with Crippen LogP contribution in [0.1, 0.15) is 6.92 Å². The van der Waals surface area contributed by atoms with Crippen molar-refractivity contribution in [3.63, 3.8) is 0 Å². The van der Waals surface area contributed by atoms with Gasteiger partial charge in [0.15, 0.2) is 17.3 Å². The fraction of sp³-hybridized carbons (Fsp3) is 0.300. The molecule has 0 N–H and O–H groups in total. The van der Waals surface area contributed by atoms with E-state index in [2.05, 4.69) is 9.97 Å². The molecule has 0 aliphatic heterocycles. The van der Waals surface area contributed by atoms with Gasteiger partial charge in [-0.15, -0.1) is 0 Å². The van der Waals surface area contributed by atoms with Crippen molar-refractivity contribution in [2.75, 3.05) is 14.1 Å². The number of amides is 1. The third-order valence-corrected chi connectivity index (χ3v) is 6.14. The average molecular weight is 462 g/mol. The third-order valence-electron chi connectivity index (χ3n) is 4.61. The second-order valence-corrected chi connectivity index (χ2v) is 8.64. The molecule has 3 aromatic rings. The Morgan fingerprint density at radius 2 is 1.81 bits per heavy atom. The smallest absolute Gasteiger partial charge is 0.332 e. The molecule has 0 spiro atoms. The Balaban J connectivity index is 2.37. The Hall–Kier alpha value is -2.98. The molecule has 0 aliphatic carbocycles. The first-order valence-corrected chi connectivity index (χ1v) is 10.4. The fourth-order valence-electron chi connectivity index (χ4n) is 2.92. The third kappa shape index (κ3) is 4.26. The molecule has 3 rings (SSSR count). The highest BCUT2D eigenvalue weighted by Crippen LogP contribution is 2.30. The molecule has 1 unspecified atom stereocenters. The average Bonchev–Trinajstić information content (AvgIpc) is 2.73. The zero-order valence-electron chi connectivity index (χ0n) is 17.5. The first-order valence-electron chi connectivity index (χ1n) is 9.15. The van der Waals surface area contributed by atoms with Gasteiger partial charge in [0, 0.05) is 38.8 Å². The van der Waals surface area contributed by atoms with Crippen molar-refractivity contribution in [3.05, 3.63) is 50.1 Å². The summed E-state index contributed by atoms with van der Waals surface area (Å²) in [5, 5.41) is -0.468. The van der Waals surface area contributed by atoms with Crippen LogP contribution in [-0.2, 0) is 23.7 Å². The van der Waals surface area contributed by atoms with Gasteiger partial charge in [-0.3, -0.25) is 23.5 Å². The van der Waals surface area contributed by atoms with Gasteiger partial charge in [-0.05, 0) is 19.1 Å².